The summed E-state index contributed by atoms with van der Waals surface area (Å²) in [6.45, 7) is 15.2. The molecule has 0 heterocycles. The van der Waals surface area contributed by atoms with Crippen molar-refractivity contribution in [2.75, 3.05) is 0 Å². The highest BCUT2D eigenvalue weighted by Crippen LogP contribution is 2.28. The maximum atomic E-state index is 4.77. The van der Waals surface area contributed by atoms with Gasteiger partial charge in [-0.2, -0.15) is 0 Å². The predicted molar refractivity (Wildman–Crippen MR) is 71.7 cm³/mol. The second-order valence-corrected chi connectivity index (χ2v) is 6.22. The molecule has 0 aliphatic carbocycles. The molecule has 0 atom stereocenters. The molecule has 0 spiro atoms. The van der Waals surface area contributed by atoms with Gasteiger partial charge in [-0.05, 0) is 0 Å². The molecule has 0 aliphatic heterocycles. The molecule has 0 fully saturated rings. The van der Waals surface area contributed by atoms with E-state index in [2.05, 4.69) is 48.5 Å². The normalized spacial score (nSPS) is 13.0. The monoisotopic (exact) mass is 210 g/mol. The Hall–Kier alpha value is -0.0151. The molecule has 0 aromatic heterocycles. The highest BCUT2D eigenvalue weighted by molar-refractivity contribution is 6.69. The number of nitrogens with zero attached hydrogens (tertiary/aromatic N) is 2. The van der Waals surface area contributed by atoms with Crippen LogP contribution in [-0.2, 0) is 0 Å². The zero-order valence-corrected chi connectivity index (χ0v) is 11.6. The average Bonchev–Trinajstić information content (AvgIpc) is 1.94. The van der Waals surface area contributed by atoms with Gasteiger partial charge in [0.2, 0.25) is 0 Å². The molecule has 0 N–H and O–H groups in total. The zero-order chi connectivity index (χ0) is 12.1. The van der Waals surface area contributed by atoms with Crippen molar-refractivity contribution in [3.63, 3.8) is 0 Å². The van der Waals surface area contributed by atoms with Gasteiger partial charge >= 0.3 is 0 Å². The van der Waals surface area contributed by atoms with E-state index in [-0.39, 0.29) is 18.1 Å². The van der Waals surface area contributed by atoms with Crippen LogP contribution in [0.25, 0.3) is 10.5 Å². The largest absolute Gasteiger partial charge is 0.699 e. The topological polar surface area (TPSA) is 28.2 Å². The first-order chi connectivity index (χ1) is 6.64. The second-order valence-electron chi connectivity index (χ2n) is 6.22. The summed E-state index contributed by atoms with van der Waals surface area (Å²) in [6.07, 6.45) is 3.52. The second kappa shape index (κ2) is 5.90. The van der Waals surface area contributed by atoms with E-state index < -0.39 is 0 Å². The lowest BCUT2D eigenvalue weighted by Crippen LogP contribution is -2.29. The Bertz CT molecular complexity index is 151. The van der Waals surface area contributed by atoms with Crippen molar-refractivity contribution in [3.05, 3.63) is 10.5 Å². The van der Waals surface area contributed by atoms with E-state index in [0.29, 0.717) is 0 Å². The van der Waals surface area contributed by atoms with Crippen LogP contribution >= 0.6 is 0 Å². The van der Waals surface area contributed by atoms with Crippen LogP contribution in [0.2, 0.25) is 6.32 Å². The summed E-state index contributed by atoms with van der Waals surface area (Å²) in [4.78, 5) is 0. The summed E-state index contributed by atoms with van der Waals surface area (Å²) in [7, 11) is 0. The number of hydrogen-bond donors (Lipinski definition) is 0. The van der Waals surface area contributed by atoms with Crippen LogP contribution in [-0.4, -0.2) is 18.1 Å². The van der Waals surface area contributed by atoms with Gasteiger partial charge in [-0.25, -0.2) is 0 Å². The summed E-state index contributed by atoms with van der Waals surface area (Å²) in [5, 5.41) is 9.53. The smallest absolute Gasteiger partial charge is 0.0570 e. The van der Waals surface area contributed by atoms with E-state index in [1.807, 2.05) is 0 Å². The summed E-state index contributed by atoms with van der Waals surface area (Å²) in [5.74, 6) is 0. The summed E-state index contributed by atoms with van der Waals surface area (Å²) < 4.78 is 0. The molecule has 0 saturated carbocycles. The van der Waals surface area contributed by atoms with Gasteiger partial charge in [0.25, 0.3) is 0 Å². The highest BCUT2D eigenvalue weighted by atomic mass is 15.0. The van der Waals surface area contributed by atoms with Gasteiger partial charge in [-0.15, -0.1) is 24.4 Å². The van der Waals surface area contributed by atoms with Gasteiger partial charge in [0, 0.05) is 0 Å². The fourth-order valence-electron chi connectivity index (χ4n) is 1.44. The van der Waals surface area contributed by atoms with Crippen molar-refractivity contribution in [3.8, 4) is 0 Å². The molecule has 0 saturated heterocycles. The molecule has 0 aliphatic rings. The molecule has 3 heteroatoms. The lowest BCUT2D eigenvalue weighted by molar-refractivity contribution is 0.659. The molecular formula is C12H27BN2-2. The van der Waals surface area contributed by atoms with Gasteiger partial charge in [-0.1, -0.05) is 61.3 Å². The summed E-state index contributed by atoms with van der Waals surface area (Å²) in [5.41, 5.74) is 0.0420. The molecule has 0 rings (SSSR count). The van der Waals surface area contributed by atoms with E-state index >= 15 is 0 Å². The third-order valence-corrected chi connectivity index (χ3v) is 1.89. The molecule has 90 valence electrons. The van der Waals surface area contributed by atoms with Gasteiger partial charge < -0.3 is 10.5 Å². The quantitative estimate of drug-likeness (QED) is 0.592. The molecule has 15 heavy (non-hydrogen) atoms. The van der Waals surface area contributed by atoms with Gasteiger partial charge in [0.1, 0.15) is 0 Å². The van der Waals surface area contributed by atoms with Crippen molar-refractivity contribution in [1.29, 1.82) is 0 Å². The van der Waals surface area contributed by atoms with Crippen molar-refractivity contribution >= 4 is 6.98 Å². The molecule has 0 radical (unpaired) electrons. The number of hydrogen-bond acceptors (Lipinski definition) is 0. The fraction of sp³-hybridized carbons (Fsp3) is 1.00. The minimum atomic E-state index is 0.0210. The maximum absolute atomic E-state index is 4.77. The van der Waals surface area contributed by atoms with E-state index in [4.69, 9.17) is 10.5 Å². The van der Waals surface area contributed by atoms with Gasteiger partial charge in [0.15, 0.2) is 0 Å². The molecule has 0 aromatic carbocycles. The van der Waals surface area contributed by atoms with Crippen LogP contribution in [0.1, 0.15) is 61.3 Å². The summed E-state index contributed by atoms with van der Waals surface area (Å²) in [6, 6.07) is 0. The van der Waals surface area contributed by atoms with Crippen LogP contribution in [0.4, 0.5) is 0 Å². The van der Waals surface area contributed by atoms with Crippen molar-refractivity contribution < 1.29 is 0 Å². The zero-order valence-electron chi connectivity index (χ0n) is 11.6. The van der Waals surface area contributed by atoms with E-state index in [1.54, 1.807) is 0 Å². The van der Waals surface area contributed by atoms with Crippen molar-refractivity contribution in [2.24, 2.45) is 0 Å². The highest BCUT2D eigenvalue weighted by Gasteiger charge is 2.03. The lowest BCUT2D eigenvalue weighted by Gasteiger charge is -2.56. The number of unbranched alkanes of at least 4 members (excludes halogenated alkanes) is 1. The third kappa shape index (κ3) is 10.3. The minimum Gasteiger partial charge on any atom is -0.699 e. The SMILES string of the molecule is CCCCB([N-]C(C)(C)C)[N-]C(C)(C)C. The van der Waals surface area contributed by atoms with Crippen LogP contribution in [0.3, 0.4) is 0 Å². The lowest BCUT2D eigenvalue weighted by atomic mass is 9.67. The average molecular weight is 210 g/mol. The first kappa shape index (κ1) is 15.0. The molecule has 0 amide bonds. The first-order valence-corrected chi connectivity index (χ1v) is 6.08. The number of rotatable bonds is 5. The van der Waals surface area contributed by atoms with Crippen LogP contribution in [0.5, 0.6) is 0 Å². The third-order valence-electron chi connectivity index (χ3n) is 1.89. The molecule has 0 aromatic rings. The summed E-state index contributed by atoms with van der Waals surface area (Å²) >= 11 is 0. The fourth-order valence-corrected chi connectivity index (χ4v) is 1.44. The van der Waals surface area contributed by atoms with Crippen LogP contribution in [0, 0.1) is 0 Å². The van der Waals surface area contributed by atoms with Gasteiger partial charge in [0.05, 0.1) is 0 Å². The van der Waals surface area contributed by atoms with Gasteiger partial charge in [-0.3, -0.25) is 0 Å². The predicted octanol–water partition coefficient (Wildman–Crippen LogP) is 4.62. The maximum Gasteiger partial charge on any atom is -0.0570 e. The molecule has 0 bridgehead atoms. The Labute approximate surface area is 96.7 Å². The Morgan fingerprint density at radius 3 is 1.53 bits per heavy atom. The van der Waals surface area contributed by atoms with Crippen molar-refractivity contribution in [1.82, 2.24) is 0 Å². The van der Waals surface area contributed by atoms with E-state index in [9.17, 15) is 0 Å². The molecule has 2 nitrogen and oxygen atoms in total. The van der Waals surface area contributed by atoms with E-state index in [1.165, 1.54) is 12.8 Å². The Morgan fingerprint density at radius 1 is 0.867 bits per heavy atom. The minimum absolute atomic E-state index is 0.0210. The standard InChI is InChI=1S/C12H27BN2/c1-8-9-10-13(14-11(2,3)4)15-12(5,6)7/h8-10H2,1-7H3/q-2. The van der Waals surface area contributed by atoms with Crippen LogP contribution < -0.4 is 0 Å². The van der Waals surface area contributed by atoms with Crippen LogP contribution in [0.15, 0.2) is 0 Å². The Kier molecular flexibility index (Phi) is 5.90. The molecular weight excluding hydrogens is 183 g/mol. The van der Waals surface area contributed by atoms with E-state index in [0.717, 1.165) is 6.32 Å². The molecule has 0 unspecified atom stereocenters. The van der Waals surface area contributed by atoms with Crippen molar-refractivity contribution in [2.45, 2.75) is 78.7 Å². The Morgan fingerprint density at radius 2 is 1.27 bits per heavy atom. The Balaban J connectivity index is 4.19. The first-order valence-electron chi connectivity index (χ1n) is 6.08.